The van der Waals surface area contributed by atoms with Gasteiger partial charge in [0.15, 0.2) is 0 Å². The molecule has 0 bridgehead atoms. The summed E-state index contributed by atoms with van der Waals surface area (Å²) in [6, 6.07) is 8.84. The molecule has 2 aromatic rings. The SMILES string of the molecule is O=C(O)c1ccc2c(c1)Sc1cccnc1N2. The van der Waals surface area contributed by atoms with Gasteiger partial charge in [-0.2, -0.15) is 0 Å². The molecule has 0 fully saturated rings. The van der Waals surface area contributed by atoms with Gasteiger partial charge in [0.05, 0.1) is 16.1 Å². The highest BCUT2D eigenvalue weighted by molar-refractivity contribution is 7.99. The number of nitrogens with one attached hydrogen (secondary N) is 1. The van der Waals surface area contributed by atoms with Gasteiger partial charge in [-0.15, -0.1) is 0 Å². The highest BCUT2D eigenvalue weighted by atomic mass is 32.2. The van der Waals surface area contributed by atoms with Gasteiger partial charge in [-0.3, -0.25) is 0 Å². The molecule has 0 saturated carbocycles. The number of benzene rings is 1. The summed E-state index contributed by atoms with van der Waals surface area (Å²) >= 11 is 1.53. The van der Waals surface area contributed by atoms with Crippen molar-refractivity contribution in [2.75, 3.05) is 5.32 Å². The van der Waals surface area contributed by atoms with E-state index in [1.165, 1.54) is 11.8 Å². The van der Waals surface area contributed by atoms with Crippen LogP contribution in [0, 0.1) is 0 Å². The molecule has 0 unspecified atom stereocenters. The summed E-state index contributed by atoms with van der Waals surface area (Å²) in [4.78, 5) is 17.0. The van der Waals surface area contributed by atoms with E-state index < -0.39 is 5.97 Å². The van der Waals surface area contributed by atoms with E-state index in [-0.39, 0.29) is 0 Å². The van der Waals surface area contributed by atoms with Gasteiger partial charge in [-0.25, -0.2) is 9.78 Å². The normalized spacial score (nSPS) is 12.2. The van der Waals surface area contributed by atoms with Crippen molar-refractivity contribution in [2.45, 2.75) is 9.79 Å². The molecule has 5 heteroatoms. The summed E-state index contributed by atoms with van der Waals surface area (Å²) in [5, 5.41) is 12.1. The molecule has 84 valence electrons. The van der Waals surface area contributed by atoms with Crippen LogP contribution in [0.2, 0.25) is 0 Å². The molecule has 0 saturated heterocycles. The summed E-state index contributed by atoms with van der Waals surface area (Å²) in [6.07, 6.45) is 1.73. The van der Waals surface area contributed by atoms with Crippen molar-refractivity contribution in [3.63, 3.8) is 0 Å². The van der Waals surface area contributed by atoms with Gasteiger partial charge in [0.25, 0.3) is 0 Å². The predicted molar refractivity (Wildman–Crippen MR) is 65.0 cm³/mol. The van der Waals surface area contributed by atoms with Crippen molar-refractivity contribution in [2.24, 2.45) is 0 Å². The molecule has 0 atom stereocenters. The first-order valence-electron chi connectivity index (χ1n) is 5.01. The van der Waals surface area contributed by atoms with Crippen LogP contribution < -0.4 is 5.32 Å². The van der Waals surface area contributed by atoms with Crippen molar-refractivity contribution in [1.82, 2.24) is 4.98 Å². The Hall–Kier alpha value is -2.01. The molecule has 1 aliphatic heterocycles. The predicted octanol–water partition coefficient (Wildman–Crippen LogP) is 2.99. The molecule has 0 spiro atoms. The summed E-state index contributed by atoms with van der Waals surface area (Å²) in [6.45, 7) is 0. The van der Waals surface area contributed by atoms with Crippen molar-refractivity contribution in [3.05, 3.63) is 42.1 Å². The fourth-order valence-electron chi connectivity index (χ4n) is 1.66. The largest absolute Gasteiger partial charge is 0.478 e. The lowest BCUT2D eigenvalue weighted by Gasteiger charge is -2.19. The number of carboxylic acids is 1. The Morgan fingerprint density at radius 2 is 2.18 bits per heavy atom. The zero-order valence-electron chi connectivity index (χ0n) is 8.68. The third kappa shape index (κ3) is 1.74. The second kappa shape index (κ2) is 3.78. The highest BCUT2D eigenvalue weighted by Crippen LogP contribution is 2.43. The van der Waals surface area contributed by atoms with Gasteiger partial charge in [-0.1, -0.05) is 11.8 Å². The van der Waals surface area contributed by atoms with Crippen molar-refractivity contribution in [3.8, 4) is 0 Å². The molecule has 0 amide bonds. The maximum atomic E-state index is 10.9. The van der Waals surface area contributed by atoms with E-state index in [0.717, 1.165) is 21.3 Å². The Morgan fingerprint density at radius 3 is 3.00 bits per heavy atom. The van der Waals surface area contributed by atoms with E-state index in [9.17, 15) is 4.79 Å². The summed E-state index contributed by atoms with van der Waals surface area (Å²) in [7, 11) is 0. The third-order valence-corrected chi connectivity index (χ3v) is 3.58. The minimum atomic E-state index is -0.912. The summed E-state index contributed by atoms with van der Waals surface area (Å²) in [5.41, 5.74) is 1.19. The molecule has 17 heavy (non-hydrogen) atoms. The molecule has 1 aromatic carbocycles. The third-order valence-electron chi connectivity index (χ3n) is 2.47. The van der Waals surface area contributed by atoms with Crippen LogP contribution in [0.3, 0.4) is 0 Å². The zero-order valence-corrected chi connectivity index (χ0v) is 9.49. The van der Waals surface area contributed by atoms with Crippen molar-refractivity contribution >= 4 is 29.2 Å². The average Bonchev–Trinajstić information content (AvgIpc) is 2.35. The minimum Gasteiger partial charge on any atom is -0.478 e. The molecule has 3 rings (SSSR count). The number of aromatic carboxylic acids is 1. The lowest BCUT2D eigenvalue weighted by molar-refractivity contribution is 0.0696. The Morgan fingerprint density at radius 1 is 1.29 bits per heavy atom. The molecule has 1 aromatic heterocycles. The number of fused-ring (bicyclic) bond motifs is 2. The number of aromatic nitrogens is 1. The van der Waals surface area contributed by atoms with E-state index in [1.54, 1.807) is 24.4 Å². The number of carbonyl (C=O) groups is 1. The maximum absolute atomic E-state index is 10.9. The van der Waals surface area contributed by atoms with Gasteiger partial charge in [0.1, 0.15) is 5.82 Å². The molecule has 0 aliphatic carbocycles. The first kappa shape index (κ1) is 10.2. The monoisotopic (exact) mass is 244 g/mol. The standard InChI is InChI=1S/C12H8N2O2S/c15-12(16)7-3-4-8-10(6-7)17-9-2-1-5-13-11(9)14-8/h1-6H,(H,13,14)(H,15,16). The Labute approximate surface area is 102 Å². The van der Waals surface area contributed by atoms with Crippen LogP contribution in [0.25, 0.3) is 0 Å². The van der Waals surface area contributed by atoms with E-state index in [4.69, 9.17) is 5.11 Å². The lowest BCUT2D eigenvalue weighted by atomic mass is 10.2. The van der Waals surface area contributed by atoms with Crippen molar-refractivity contribution in [1.29, 1.82) is 0 Å². The van der Waals surface area contributed by atoms with Crippen LogP contribution in [0.1, 0.15) is 10.4 Å². The second-order valence-electron chi connectivity index (χ2n) is 3.59. The molecule has 2 heterocycles. The molecule has 2 N–H and O–H groups in total. The van der Waals surface area contributed by atoms with Crippen LogP contribution in [0.15, 0.2) is 46.3 Å². The second-order valence-corrected chi connectivity index (χ2v) is 4.68. The van der Waals surface area contributed by atoms with E-state index in [2.05, 4.69) is 10.3 Å². The van der Waals surface area contributed by atoms with E-state index in [1.807, 2.05) is 12.1 Å². The number of rotatable bonds is 1. The number of hydrogen-bond acceptors (Lipinski definition) is 4. The zero-order chi connectivity index (χ0) is 11.8. The van der Waals surface area contributed by atoms with Crippen LogP contribution in [-0.4, -0.2) is 16.1 Å². The minimum absolute atomic E-state index is 0.297. The molecule has 4 nitrogen and oxygen atoms in total. The lowest BCUT2D eigenvalue weighted by Crippen LogP contribution is -2.03. The molecule has 0 radical (unpaired) electrons. The fraction of sp³-hybridized carbons (Fsp3) is 0. The topological polar surface area (TPSA) is 62.2 Å². The smallest absolute Gasteiger partial charge is 0.335 e. The van der Waals surface area contributed by atoms with Crippen LogP contribution in [-0.2, 0) is 0 Å². The first-order chi connectivity index (χ1) is 8.24. The summed E-state index contributed by atoms with van der Waals surface area (Å²) in [5.74, 6) is -0.0986. The average molecular weight is 244 g/mol. The van der Waals surface area contributed by atoms with Crippen molar-refractivity contribution < 1.29 is 9.90 Å². The van der Waals surface area contributed by atoms with Gasteiger partial charge in [0, 0.05) is 11.1 Å². The van der Waals surface area contributed by atoms with Crippen LogP contribution >= 0.6 is 11.8 Å². The quantitative estimate of drug-likeness (QED) is 0.689. The highest BCUT2D eigenvalue weighted by Gasteiger charge is 2.17. The van der Waals surface area contributed by atoms with Crippen LogP contribution in [0.4, 0.5) is 11.5 Å². The van der Waals surface area contributed by atoms with Gasteiger partial charge < -0.3 is 10.4 Å². The number of carboxylic acid groups (broad SMARTS) is 1. The molecule has 1 aliphatic rings. The van der Waals surface area contributed by atoms with Gasteiger partial charge >= 0.3 is 5.97 Å². The maximum Gasteiger partial charge on any atom is 0.335 e. The van der Waals surface area contributed by atoms with E-state index >= 15 is 0 Å². The van der Waals surface area contributed by atoms with Gasteiger partial charge in [0.2, 0.25) is 0 Å². The van der Waals surface area contributed by atoms with Crippen LogP contribution in [0.5, 0.6) is 0 Å². The Balaban J connectivity index is 2.06. The number of nitrogens with zero attached hydrogens (tertiary/aromatic N) is 1. The number of anilines is 2. The molecular weight excluding hydrogens is 236 g/mol. The fourth-order valence-corrected chi connectivity index (χ4v) is 2.65. The first-order valence-corrected chi connectivity index (χ1v) is 5.83. The number of hydrogen-bond donors (Lipinski definition) is 2. The Kier molecular flexibility index (Phi) is 2.26. The summed E-state index contributed by atoms with van der Waals surface area (Å²) < 4.78 is 0. The number of pyridine rings is 1. The van der Waals surface area contributed by atoms with E-state index in [0.29, 0.717) is 5.56 Å². The Bertz CT molecular complexity index is 613. The molecular formula is C12H8N2O2S. The van der Waals surface area contributed by atoms with Gasteiger partial charge in [-0.05, 0) is 30.3 Å².